The summed E-state index contributed by atoms with van der Waals surface area (Å²) in [6, 6.07) is 8.87. The van der Waals surface area contributed by atoms with E-state index in [-0.39, 0.29) is 29.9 Å². The molecule has 0 aliphatic carbocycles. The van der Waals surface area contributed by atoms with Crippen LogP contribution in [0.25, 0.3) is 0 Å². The number of aryl methyl sites for hydroxylation is 1. The highest BCUT2D eigenvalue weighted by Crippen LogP contribution is 2.15. The number of guanidine groups is 1. The van der Waals surface area contributed by atoms with Crippen molar-refractivity contribution in [3.05, 3.63) is 35.4 Å². The van der Waals surface area contributed by atoms with Gasteiger partial charge in [-0.3, -0.25) is 9.79 Å². The van der Waals surface area contributed by atoms with Crippen molar-refractivity contribution in [3.8, 4) is 0 Å². The van der Waals surface area contributed by atoms with Crippen LogP contribution in [0.15, 0.2) is 29.3 Å². The molecule has 0 atom stereocenters. The second-order valence-corrected chi connectivity index (χ2v) is 6.46. The number of hydrogen-bond donors (Lipinski definition) is 2. The molecule has 0 spiro atoms. The molecule has 1 aromatic carbocycles. The quantitative estimate of drug-likeness (QED) is 0.272. The molecular weight excluding hydrogens is 427 g/mol. The summed E-state index contributed by atoms with van der Waals surface area (Å²) in [7, 11) is 5.28. The number of hydrogen-bond acceptors (Lipinski definition) is 2. The van der Waals surface area contributed by atoms with Gasteiger partial charge in [-0.25, -0.2) is 0 Å². The number of benzene rings is 1. The normalized spacial score (nSPS) is 11.0. The Bertz CT molecular complexity index is 527. The third kappa shape index (κ3) is 9.67. The second-order valence-electron chi connectivity index (χ2n) is 6.46. The molecule has 0 aliphatic heterocycles. The largest absolute Gasteiger partial charge is 0.356 e. The number of nitrogens with one attached hydrogen (secondary N) is 2. The fourth-order valence-electron chi connectivity index (χ4n) is 2.30. The van der Waals surface area contributed by atoms with E-state index in [1.807, 2.05) is 0 Å². The Morgan fingerprint density at radius 2 is 1.72 bits per heavy atom. The van der Waals surface area contributed by atoms with Gasteiger partial charge in [0.2, 0.25) is 5.91 Å². The topological polar surface area (TPSA) is 56.7 Å². The molecule has 1 amide bonds. The van der Waals surface area contributed by atoms with Crippen molar-refractivity contribution >= 4 is 35.8 Å². The molecule has 0 aromatic heterocycles. The molecule has 0 bridgehead atoms. The van der Waals surface area contributed by atoms with E-state index in [4.69, 9.17) is 0 Å². The third-order valence-electron chi connectivity index (χ3n) is 3.93. The van der Waals surface area contributed by atoms with Crippen LogP contribution in [-0.4, -0.2) is 51.0 Å². The van der Waals surface area contributed by atoms with Crippen molar-refractivity contribution in [2.45, 2.75) is 39.0 Å². The van der Waals surface area contributed by atoms with E-state index >= 15 is 0 Å². The molecule has 0 heterocycles. The van der Waals surface area contributed by atoms with E-state index < -0.39 is 0 Å². The van der Waals surface area contributed by atoms with Crippen LogP contribution in [0.5, 0.6) is 0 Å². The Morgan fingerprint density at radius 1 is 1.12 bits per heavy atom. The van der Waals surface area contributed by atoms with E-state index in [0.29, 0.717) is 18.9 Å². The zero-order valence-electron chi connectivity index (χ0n) is 16.1. The van der Waals surface area contributed by atoms with E-state index in [1.165, 1.54) is 11.1 Å². The van der Waals surface area contributed by atoms with Crippen LogP contribution in [0.3, 0.4) is 0 Å². The molecule has 0 radical (unpaired) electrons. The van der Waals surface area contributed by atoms with Gasteiger partial charge in [0, 0.05) is 40.7 Å². The predicted octanol–water partition coefficient (Wildman–Crippen LogP) is 3.00. The van der Waals surface area contributed by atoms with Gasteiger partial charge < -0.3 is 15.5 Å². The van der Waals surface area contributed by atoms with Crippen molar-refractivity contribution in [1.82, 2.24) is 15.5 Å². The van der Waals surface area contributed by atoms with Gasteiger partial charge in [-0.2, -0.15) is 0 Å². The molecule has 0 saturated heterocycles. The summed E-state index contributed by atoms with van der Waals surface area (Å²) < 4.78 is 0. The fraction of sp³-hybridized carbons (Fsp3) is 0.579. The predicted molar refractivity (Wildman–Crippen MR) is 117 cm³/mol. The van der Waals surface area contributed by atoms with Crippen LogP contribution in [-0.2, 0) is 11.2 Å². The maximum atomic E-state index is 11.5. The summed E-state index contributed by atoms with van der Waals surface area (Å²) in [5, 5.41) is 6.45. The summed E-state index contributed by atoms with van der Waals surface area (Å²) in [6.07, 6.45) is 2.55. The molecule has 0 unspecified atom stereocenters. The lowest BCUT2D eigenvalue weighted by Crippen LogP contribution is -2.39. The Kier molecular flexibility index (Phi) is 12.3. The van der Waals surface area contributed by atoms with Gasteiger partial charge in [0.25, 0.3) is 0 Å². The lowest BCUT2D eigenvalue weighted by atomic mass is 10.0. The zero-order chi connectivity index (χ0) is 17.9. The summed E-state index contributed by atoms with van der Waals surface area (Å²) in [4.78, 5) is 17.3. The van der Waals surface area contributed by atoms with Crippen molar-refractivity contribution in [3.63, 3.8) is 0 Å². The van der Waals surface area contributed by atoms with Gasteiger partial charge >= 0.3 is 0 Å². The van der Waals surface area contributed by atoms with Gasteiger partial charge in [0.1, 0.15) is 0 Å². The minimum Gasteiger partial charge on any atom is -0.356 e. The van der Waals surface area contributed by atoms with Crippen LogP contribution < -0.4 is 10.6 Å². The first-order valence-corrected chi connectivity index (χ1v) is 8.67. The average Bonchev–Trinajstić information content (AvgIpc) is 2.57. The zero-order valence-corrected chi connectivity index (χ0v) is 18.5. The smallest absolute Gasteiger partial charge is 0.223 e. The molecule has 5 nitrogen and oxygen atoms in total. The Hall–Kier alpha value is -1.31. The lowest BCUT2D eigenvalue weighted by molar-refractivity contribution is -0.128. The maximum Gasteiger partial charge on any atom is 0.223 e. The van der Waals surface area contributed by atoms with Gasteiger partial charge in [0.05, 0.1) is 0 Å². The van der Waals surface area contributed by atoms with Gasteiger partial charge in [-0.05, 0) is 29.9 Å². The summed E-state index contributed by atoms with van der Waals surface area (Å²) >= 11 is 0. The number of nitrogens with zero attached hydrogens (tertiary/aromatic N) is 2. The molecule has 0 fully saturated rings. The van der Waals surface area contributed by atoms with Crippen LogP contribution in [0.2, 0.25) is 0 Å². The van der Waals surface area contributed by atoms with E-state index in [0.717, 1.165) is 25.3 Å². The molecule has 1 rings (SSSR count). The monoisotopic (exact) mass is 460 g/mol. The minimum atomic E-state index is 0. The molecular formula is C19H33IN4O. The number of carbonyl (C=O) groups is 1. The molecule has 0 saturated carbocycles. The Labute approximate surface area is 169 Å². The van der Waals surface area contributed by atoms with Crippen molar-refractivity contribution < 1.29 is 4.79 Å². The van der Waals surface area contributed by atoms with Gasteiger partial charge in [-0.15, -0.1) is 24.0 Å². The van der Waals surface area contributed by atoms with Crippen molar-refractivity contribution in [2.75, 3.05) is 34.2 Å². The van der Waals surface area contributed by atoms with Crippen molar-refractivity contribution in [2.24, 2.45) is 4.99 Å². The standard InChI is InChI=1S/C19H32N4O.HI/c1-15(2)17-10-8-16(9-11-17)7-6-13-21-19(20-3)22-14-12-18(24)23(4)5;/h8-11,15H,6-7,12-14H2,1-5H3,(H2,20,21,22);1H. The van der Waals surface area contributed by atoms with Gasteiger partial charge in [0.15, 0.2) is 5.96 Å². The summed E-state index contributed by atoms with van der Waals surface area (Å²) in [5.74, 6) is 1.44. The summed E-state index contributed by atoms with van der Waals surface area (Å²) in [5.41, 5.74) is 2.74. The first-order valence-electron chi connectivity index (χ1n) is 8.67. The Morgan fingerprint density at radius 3 is 2.24 bits per heavy atom. The van der Waals surface area contributed by atoms with E-state index in [1.54, 1.807) is 26.0 Å². The second kappa shape index (κ2) is 13.0. The SMILES string of the molecule is CN=C(NCCCc1ccc(C(C)C)cc1)NCCC(=O)N(C)C.I. The van der Waals surface area contributed by atoms with E-state index in [2.05, 4.69) is 53.7 Å². The Balaban J connectivity index is 0.00000576. The molecule has 0 aliphatic rings. The number of halogens is 1. The molecule has 2 N–H and O–H groups in total. The lowest BCUT2D eigenvalue weighted by Gasteiger charge is -2.13. The van der Waals surface area contributed by atoms with Gasteiger partial charge in [-0.1, -0.05) is 38.1 Å². The highest BCUT2D eigenvalue weighted by atomic mass is 127. The van der Waals surface area contributed by atoms with Crippen LogP contribution in [0.4, 0.5) is 0 Å². The van der Waals surface area contributed by atoms with Crippen LogP contribution in [0.1, 0.15) is 43.7 Å². The summed E-state index contributed by atoms with van der Waals surface area (Å²) in [6.45, 7) is 5.87. The minimum absolute atomic E-state index is 0. The fourth-order valence-corrected chi connectivity index (χ4v) is 2.30. The number of aliphatic imine (C=N–C) groups is 1. The van der Waals surface area contributed by atoms with E-state index in [9.17, 15) is 4.79 Å². The average molecular weight is 460 g/mol. The highest BCUT2D eigenvalue weighted by molar-refractivity contribution is 14.0. The molecule has 142 valence electrons. The first kappa shape index (κ1) is 23.7. The maximum absolute atomic E-state index is 11.5. The number of rotatable bonds is 8. The molecule has 25 heavy (non-hydrogen) atoms. The first-order chi connectivity index (χ1) is 11.4. The van der Waals surface area contributed by atoms with Crippen LogP contribution in [0, 0.1) is 0 Å². The third-order valence-corrected chi connectivity index (χ3v) is 3.93. The molecule has 1 aromatic rings. The highest BCUT2D eigenvalue weighted by Gasteiger charge is 2.04. The number of carbonyl (C=O) groups excluding carboxylic acids is 1. The van der Waals surface area contributed by atoms with Crippen molar-refractivity contribution in [1.29, 1.82) is 0 Å². The van der Waals surface area contributed by atoms with Crippen LogP contribution >= 0.6 is 24.0 Å². The number of amides is 1. The molecule has 6 heteroatoms.